The molecule has 4 aromatic carbocycles. The highest BCUT2D eigenvalue weighted by Gasteiger charge is 2.34. The Kier molecular flexibility index (Phi) is 8.57. The van der Waals surface area contributed by atoms with E-state index in [2.05, 4.69) is 5.32 Å². The molecule has 0 aromatic heterocycles. The number of nitrogens with zero attached hydrogens (tertiary/aromatic N) is 2. The molecule has 2 amide bonds. The maximum Gasteiger partial charge on any atom is 0.271 e. The minimum Gasteiger partial charge on any atom is -0.484 e. The number of ether oxygens (including phenoxy) is 1. The Morgan fingerprint density at radius 1 is 0.927 bits per heavy atom. The molecule has 6 nitrogen and oxygen atoms in total. The van der Waals surface area contributed by atoms with Crippen molar-refractivity contribution in [3.05, 3.63) is 123 Å². The summed E-state index contributed by atoms with van der Waals surface area (Å²) in [4.78, 5) is 32.9. The van der Waals surface area contributed by atoms with Crippen LogP contribution in [0.4, 0.5) is 17.1 Å². The Morgan fingerprint density at radius 3 is 2.24 bits per heavy atom. The van der Waals surface area contributed by atoms with Gasteiger partial charge in [0.25, 0.3) is 11.8 Å². The highest BCUT2D eigenvalue weighted by molar-refractivity contribution is 8.19. The van der Waals surface area contributed by atoms with Crippen molar-refractivity contribution in [2.24, 2.45) is 4.99 Å². The molecule has 1 saturated heterocycles. The molecule has 0 saturated carbocycles. The Morgan fingerprint density at radius 2 is 1.59 bits per heavy atom. The summed E-state index contributed by atoms with van der Waals surface area (Å²) < 4.78 is 5.65. The number of hydrogen-bond acceptors (Lipinski definition) is 5. The normalized spacial score (nSPS) is 15.0. The van der Waals surface area contributed by atoms with Crippen LogP contribution in [-0.4, -0.2) is 23.6 Å². The quantitative estimate of drug-likeness (QED) is 0.224. The zero-order valence-corrected chi connectivity index (χ0v) is 24.4. The molecule has 8 heteroatoms. The molecule has 0 bridgehead atoms. The van der Waals surface area contributed by atoms with Gasteiger partial charge in [-0.2, -0.15) is 0 Å². The van der Waals surface area contributed by atoms with E-state index in [1.807, 2.05) is 93.6 Å². The van der Waals surface area contributed by atoms with Gasteiger partial charge in [-0.15, -0.1) is 0 Å². The summed E-state index contributed by atoms with van der Waals surface area (Å²) in [6, 6.07) is 28.3. The molecule has 1 fully saturated rings. The van der Waals surface area contributed by atoms with Gasteiger partial charge in [0.15, 0.2) is 11.8 Å². The van der Waals surface area contributed by atoms with Crippen LogP contribution < -0.4 is 15.0 Å². The molecule has 0 atom stereocenters. The van der Waals surface area contributed by atoms with Crippen molar-refractivity contribution < 1.29 is 14.3 Å². The summed E-state index contributed by atoms with van der Waals surface area (Å²) in [6.45, 7) is 5.79. The fourth-order valence-corrected chi connectivity index (χ4v) is 5.21. The van der Waals surface area contributed by atoms with Gasteiger partial charge >= 0.3 is 0 Å². The first-order valence-corrected chi connectivity index (χ1v) is 14.2. The molecule has 1 N–H and O–H groups in total. The highest BCUT2D eigenvalue weighted by Crippen LogP contribution is 2.37. The Balaban J connectivity index is 1.30. The first-order valence-electron chi connectivity index (χ1n) is 13.0. The van der Waals surface area contributed by atoms with Crippen molar-refractivity contribution >= 4 is 63.5 Å². The second kappa shape index (κ2) is 12.5. The van der Waals surface area contributed by atoms with Crippen molar-refractivity contribution in [3.8, 4) is 5.75 Å². The van der Waals surface area contributed by atoms with Crippen LogP contribution in [0.2, 0.25) is 5.02 Å². The average Bonchev–Trinajstić information content (AvgIpc) is 3.26. The number of aliphatic imine (C=N–C) groups is 1. The van der Waals surface area contributed by atoms with E-state index in [0.29, 0.717) is 26.5 Å². The second-order valence-electron chi connectivity index (χ2n) is 9.69. The summed E-state index contributed by atoms with van der Waals surface area (Å²) in [5.74, 6) is 0.108. The van der Waals surface area contributed by atoms with Crippen molar-refractivity contribution in [3.63, 3.8) is 0 Å². The summed E-state index contributed by atoms with van der Waals surface area (Å²) in [5, 5.41) is 3.95. The molecule has 206 valence electrons. The third-order valence-electron chi connectivity index (χ3n) is 6.36. The molecule has 0 unspecified atom stereocenters. The standard InChI is InChI=1S/C33H28ClN3O3S/c1-21-4-11-25(12-5-21)36-33-37(27-14-6-22(2)7-15-27)32(39)30(41-33)18-24-9-16-28(17-10-24)40-20-31(38)35-26-13-8-23(3)29(34)19-26/h4-19H,20H2,1-3H3,(H,35,38)/b30-18-,36-33?. The molecular weight excluding hydrogens is 554 g/mol. The molecule has 1 aliphatic rings. The van der Waals surface area contributed by atoms with Crippen molar-refractivity contribution in [2.75, 3.05) is 16.8 Å². The smallest absolute Gasteiger partial charge is 0.271 e. The monoisotopic (exact) mass is 581 g/mol. The van der Waals surface area contributed by atoms with Gasteiger partial charge in [0, 0.05) is 10.7 Å². The Bertz CT molecular complexity index is 1650. The predicted molar refractivity (Wildman–Crippen MR) is 169 cm³/mol. The molecule has 1 aliphatic heterocycles. The number of rotatable bonds is 7. The van der Waals surface area contributed by atoms with Crippen molar-refractivity contribution in [2.45, 2.75) is 20.8 Å². The van der Waals surface area contributed by atoms with Gasteiger partial charge < -0.3 is 10.1 Å². The number of halogens is 1. The largest absolute Gasteiger partial charge is 0.484 e. The van der Waals surface area contributed by atoms with E-state index in [9.17, 15) is 9.59 Å². The number of amides is 2. The van der Waals surface area contributed by atoms with Gasteiger partial charge in [-0.25, -0.2) is 4.99 Å². The van der Waals surface area contributed by atoms with Crippen LogP contribution in [0, 0.1) is 20.8 Å². The summed E-state index contributed by atoms with van der Waals surface area (Å²) >= 11 is 7.46. The van der Waals surface area contributed by atoms with Gasteiger partial charge in [-0.05, 0) is 98.3 Å². The van der Waals surface area contributed by atoms with Crippen LogP contribution in [0.5, 0.6) is 5.75 Å². The van der Waals surface area contributed by atoms with E-state index in [1.165, 1.54) is 11.8 Å². The SMILES string of the molecule is Cc1ccc(N=C2S/C(=C\c3ccc(OCC(=O)Nc4ccc(C)c(Cl)c4)cc3)C(=O)N2c2ccc(C)cc2)cc1. The number of carbonyl (C=O) groups is 2. The third-order valence-corrected chi connectivity index (χ3v) is 7.74. The van der Waals surface area contributed by atoms with Crippen LogP contribution >= 0.6 is 23.4 Å². The molecule has 0 aliphatic carbocycles. The molecule has 0 spiro atoms. The van der Waals surface area contributed by atoms with E-state index < -0.39 is 0 Å². The highest BCUT2D eigenvalue weighted by atomic mass is 35.5. The first kappa shape index (κ1) is 28.2. The number of anilines is 2. The third kappa shape index (κ3) is 7.06. The molecular formula is C33H28ClN3O3S. The van der Waals surface area contributed by atoms with E-state index in [1.54, 1.807) is 29.2 Å². The van der Waals surface area contributed by atoms with Gasteiger partial charge in [0.2, 0.25) is 0 Å². The lowest BCUT2D eigenvalue weighted by Crippen LogP contribution is -2.28. The van der Waals surface area contributed by atoms with Crippen LogP contribution in [0.3, 0.4) is 0 Å². The zero-order valence-electron chi connectivity index (χ0n) is 22.9. The van der Waals surface area contributed by atoms with Crippen molar-refractivity contribution in [1.82, 2.24) is 0 Å². The van der Waals surface area contributed by atoms with Gasteiger partial charge in [0.05, 0.1) is 16.3 Å². The van der Waals surface area contributed by atoms with Crippen LogP contribution in [-0.2, 0) is 9.59 Å². The lowest BCUT2D eigenvalue weighted by Gasteiger charge is -2.16. The van der Waals surface area contributed by atoms with Crippen LogP contribution in [0.25, 0.3) is 6.08 Å². The van der Waals surface area contributed by atoms with E-state index in [0.717, 1.165) is 33.6 Å². The molecule has 41 heavy (non-hydrogen) atoms. The maximum absolute atomic E-state index is 13.6. The lowest BCUT2D eigenvalue weighted by molar-refractivity contribution is -0.118. The zero-order chi connectivity index (χ0) is 28.9. The number of carbonyl (C=O) groups excluding carboxylic acids is 2. The Labute approximate surface area is 248 Å². The average molecular weight is 582 g/mol. The van der Waals surface area contributed by atoms with Crippen LogP contribution in [0.15, 0.2) is 101 Å². The molecule has 1 heterocycles. The molecule has 5 rings (SSSR count). The van der Waals surface area contributed by atoms with E-state index in [4.69, 9.17) is 21.3 Å². The van der Waals surface area contributed by atoms with Gasteiger partial charge in [-0.1, -0.05) is 65.2 Å². The first-order chi connectivity index (χ1) is 19.7. The summed E-state index contributed by atoms with van der Waals surface area (Å²) in [7, 11) is 0. The minimum absolute atomic E-state index is 0.141. The van der Waals surface area contributed by atoms with E-state index >= 15 is 0 Å². The lowest BCUT2D eigenvalue weighted by atomic mass is 10.2. The van der Waals surface area contributed by atoms with Crippen molar-refractivity contribution in [1.29, 1.82) is 0 Å². The predicted octanol–water partition coefficient (Wildman–Crippen LogP) is 8.09. The molecule has 0 radical (unpaired) electrons. The fourth-order valence-electron chi connectivity index (χ4n) is 4.03. The maximum atomic E-state index is 13.6. The van der Waals surface area contributed by atoms with Gasteiger partial charge in [0.1, 0.15) is 5.75 Å². The number of hydrogen-bond donors (Lipinski definition) is 1. The van der Waals surface area contributed by atoms with Crippen LogP contribution in [0.1, 0.15) is 22.3 Å². The minimum atomic E-state index is -0.291. The van der Waals surface area contributed by atoms with E-state index in [-0.39, 0.29) is 18.4 Å². The second-order valence-corrected chi connectivity index (χ2v) is 11.1. The summed E-state index contributed by atoms with van der Waals surface area (Å²) in [6.07, 6.45) is 1.84. The topological polar surface area (TPSA) is 71.0 Å². The summed E-state index contributed by atoms with van der Waals surface area (Å²) in [5.41, 5.74) is 6.17. The number of thioether (sulfide) groups is 1. The number of benzene rings is 4. The fraction of sp³-hybridized carbons (Fsp3) is 0.121. The molecule has 4 aromatic rings. The number of amidine groups is 1. The van der Waals surface area contributed by atoms with Gasteiger partial charge in [-0.3, -0.25) is 14.5 Å². The number of nitrogens with one attached hydrogen (secondary N) is 1. The Hall–Kier alpha value is -4.33. The number of aryl methyl sites for hydroxylation is 3.